The van der Waals surface area contributed by atoms with Crippen LogP contribution in [-0.4, -0.2) is 32.7 Å². The van der Waals surface area contributed by atoms with Gasteiger partial charge in [-0.1, -0.05) is 6.07 Å². The lowest BCUT2D eigenvalue weighted by Gasteiger charge is -2.17. The van der Waals surface area contributed by atoms with Crippen LogP contribution in [0.3, 0.4) is 0 Å². The third-order valence-corrected chi connectivity index (χ3v) is 4.20. The molecular formula is C17H26N2O2. The van der Waals surface area contributed by atoms with Gasteiger partial charge in [0, 0.05) is 32.5 Å². The Kier molecular flexibility index (Phi) is 5.23. The molecule has 0 unspecified atom stereocenters. The molecule has 1 aromatic carbocycles. The maximum absolute atomic E-state index is 12.4. The third-order valence-electron chi connectivity index (χ3n) is 4.20. The highest BCUT2D eigenvalue weighted by atomic mass is 16.5. The largest absolute Gasteiger partial charge is 0.385 e. The fraction of sp³-hybridized carbons (Fsp3) is 0.588. The minimum atomic E-state index is 0.00893. The molecule has 4 heteroatoms. The van der Waals surface area contributed by atoms with Crippen molar-refractivity contribution in [3.8, 4) is 0 Å². The summed E-state index contributed by atoms with van der Waals surface area (Å²) in [4.78, 5) is 12.4. The number of anilines is 1. The first-order valence-corrected chi connectivity index (χ1v) is 7.72. The van der Waals surface area contributed by atoms with Crippen molar-refractivity contribution in [2.24, 2.45) is 5.41 Å². The second-order valence-electron chi connectivity index (χ2n) is 6.00. The number of carbonyl (C=O) groups is 1. The fourth-order valence-corrected chi connectivity index (χ4v) is 2.57. The van der Waals surface area contributed by atoms with Crippen LogP contribution in [0.25, 0.3) is 0 Å². The van der Waals surface area contributed by atoms with Crippen molar-refractivity contribution in [2.75, 3.05) is 32.1 Å². The van der Waals surface area contributed by atoms with E-state index < -0.39 is 0 Å². The molecule has 0 bridgehead atoms. The molecule has 1 saturated carbocycles. The molecule has 0 spiro atoms. The van der Waals surface area contributed by atoms with Gasteiger partial charge < -0.3 is 15.4 Å². The Balaban J connectivity index is 1.97. The van der Waals surface area contributed by atoms with Gasteiger partial charge in [-0.25, -0.2) is 0 Å². The van der Waals surface area contributed by atoms with Gasteiger partial charge in [0.25, 0.3) is 5.91 Å². The SMILES string of the molecule is CCNc1cc(C)ccc1C(=O)NCC1(CCOC)CC1. The number of carbonyl (C=O) groups excluding carboxylic acids is 1. The summed E-state index contributed by atoms with van der Waals surface area (Å²) in [5.41, 5.74) is 3.07. The van der Waals surface area contributed by atoms with Crippen molar-refractivity contribution in [3.05, 3.63) is 29.3 Å². The van der Waals surface area contributed by atoms with Gasteiger partial charge in [0.05, 0.1) is 5.56 Å². The molecule has 2 N–H and O–H groups in total. The number of nitrogens with one attached hydrogen (secondary N) is 2. The maximum atomic E-state index is 12.4. The average Bonchev–Trinajstić information content (AvgIpc) is 3.24. The van der Waals surface area contributed by atoms with E-state index in [0.29, 0.717) is 0 Å². The van der Waals surface area contributed by atoms with E-state index >= 15 is 0 Å². The molecule has 0 radical (unpaired) electrons. The molecule has 116 valence electrons. The molecule has 21 heavy (non-hydrogen) atoms. The van der Waals surface area contributed by atoms with Gasteiger partial charge in [0.15, 0.2) is 0 Å². The second kappa shape index (κ2) is 6.94. The predicted molar refractivity (Wildman–Crippen MR) is 85.8 cm³/mol. The van der Waals surface area contributed by atoms with E-state index in [1.807, 2.05) is 32.0 Å². The number of methoxy groups -OCH3 is 1. The van der Waals surface area contributed by atoms with Crippen molar-refractivity contribution >= 4 is 11.6 Å². The standard InChI is InChI=1S/C17H26N2O2/c1-4-18-15-11-13(2)5-6-14(15)16(20)19-12-17(7-8-17)9-10-21-3/h5-6,11,18H,4,7-10,12H2,1-3H3,(H,19,20). The van der Waals surface area contributed by atoms with Crippen molar-refractivity contribution < 1.29 is 9.53 Å². The molecule has 4 nitrogen and oxygen atoms in total. The van der Waals surface area contributed by atoms with Crippen LogP contribution in [0.4, 0.5) is 5.69 Å². The van der Waals surface area contributed by atoms with Crippen LogP contribution in [0.5, 0.6) is 0 Å². The summed E-state index contributed by atoms with van der Waals surface area (Å²) in [6.45, 7) is 6.39. The second-order valence-corrected chi connectivity index (χ2v) is 6.00. The van der Waals surface area contributed by atoms with Crippen LogP contribution in [-0.2, 0) is 4.74 Å². The number of rotatable bonds is 8. The van der Waals surface area contributed by atoms with E-state index in [4.69, 9.17) is 4.74 Å². The van der Waals surface area contributed by atoms with Gasteiger partial charge >= 0.3 is 0 Å². The molecule has 0 heterocycles. The molecule has 0 saturated heterocycles. The lowest BCUT2D eigenvalue weighted by molar-refractivity contribution is 0.0938. The first-order chi connectivity index (χ1) is 10.1. The van der Waals surface area contributed by atoms with Crippen LogP contribution in [0, 0.1) is 12.3 Å². The van der Waals surface area contributed by atoms with Crippen molar-refractivity contribution in [1.82, 2.24) is 5.32 Å². The molecule has 0 aromatic heterocycles. The fourth-order valence-electron chi connectivity index (χ4n) is 2.57. The molecule has 1 aromatic rings. The Bertz CT molecular complexity index is 496. The highest BCUT2D eigenvalue weighted by molar-refractivity contribution is 5.99. The van der Waals surface area contributed by atoms with E-state index in [1.165, 1.54) is 12.8 Å². The maximum Gasteiger partial charge on any atom is 0.253 e. The minimum absolute atomic E-state index is 0.00893. The average molecular weight is 290 g/mol. The highest BCUT2D eigenvalue weighted by Gasteiger charge is 2.42. The van der Waals surface area contributed by atoms with Crippen molar-refractivity contribution in [2.45, 2.75) is 33.1 Å². The molecule has 1 aliphatic carbocycles. The van der Waals surface area contributed by atoms with Crippen LogP contribution in [0.15, 0.2) is 18.2 Å². The van der Waals surface area contributed by atoms with Gasteiger partial charge in [0.1, 0.15) is 0 Å². The van der Waals surface area contributed by atoms with Crippen molar-refractivity contribution in [3.63, 3.8) is 0 Å². The van der Waals surface area contributed by atoms with E-state index in [2.05, 4.69) is 10.6 Å². The van der Waals surface area contributed by atoms with Gasteiger partial charge in [-0.05, 0) is 56.2 Å². The third kappa shape index (κ3) is 4.21. The normalized spacial score (nSPS) is 15.6. The van der Waals surface area contributed by atoms with Crippen LogP contribution in [0.1, 0.15) is 42.1 Å². The summed E-state index contributed by atoms with van der Waals surface area (Å²) in [6, 6.07) is 5.90. The Hall–Kier alpha value is -1.55. The van der Waals surface area contributed by atoms with Crippen LogP contribution < -0.4 is 10.6 Å². The zero-order valence-electron chi connectivity index (χ0n) is 13.3. The summed E-state index contributed by atoms with van der Waals surface area (Å²) < 4.78 is 5.15. The van der Waals surface area contributed by atoms with E-state index in [-0.39, 0.29) is 11.3 Å². The lowest BCUT2D eigenvalue weighted by Crippen LogP contribution is -2.31. The van der Waals surface area contributed by atoms with Crippen LogP contribution in [0.2, 0.25) is 0 Å². The Morgan fingerprint density at radius 3 is 2.76 bits per heavy atom. The molecule has 0 atom stereocenters. The minimum Gasteiger partial charge on any atom is -0.385 e. The Morgan fingerprint density at radius 1 is 1.38 bits per heavy atom. The van der Waals surface area contributed by atoms with Gasteiger partial charge in [-0.2, -0.15) is 0 Å². The number of hydrogen-bond acceptors (Lipinski definition) is 3. The monoisotopic (exact) mass is 290 g/mol. The number of benzene rings is 1. The van der Waals surface area contributed by atoms with E-state index in [9.17, 15) is 4.79 Å². The number of hydrogen-bond donors (Lipinski definition) is 2. The zero-order valence-corrected chi connectivity index (χ0v) is 13.3. The van der Waals surface area contributed by atoms with Gasteiger partial charge in [0.2, 0.25) is 0 Å². The molecule has 1 fully saturated rings. The zero-order chi connectivity index (χ0) is 15.3. The predicted octanol–water partition coefficient (Wildman–Crippen LogP) is 2.97. The number of ether oxygens (including phenoxy) is 1. The molecule has 2 rings (SSSR count). The Labute approximate surface area is 127 Å². The molecule has 1 aliphatic rings. The molecule has 1 amide bonds. The summed E-state index contributed by atoms with van der Waals surface area (Å²) in [6.07, 6.45) is 3.40. The summed E-state index contributed by atoms with van der Waals surface area (Å²) >= 11 is 0. The number of amides is 1. The first-order valence-electron chi connectivity index (χ1n) is 7.72. The summed E-state index contributed by atoms with van der Waals surface area (Å²) in [5.74, 6) is 0.00893. The topological polar surface area (TPSA) is 50.4 Å². The molecule has 0 aliphatic heterocycles. The first kappa shape index (κ1) is 15.8. The quantitative estimate of drug-likeness (QED) is 0.774. The van der Waals surface area contributed by atoms with Gasteiger partial charge in [-0.15, -0.1) is 0 Å². The van der Waals surface area contributed by atoms with Crippen LogP contribution >= 0.6 is 0 Å². The number of aryl methyl sites for hydroxylation is 1. The molecular weight excluding hydrogens is 264 g/mol. The summed E-state index contributed by atoms with van der Waals surface area (Å²) in [7, 11) is 1.73. The smallest absolute Gasteiger partial charge is 0.253 e. The Morgan fingerprint density at radius 2 is 2.14 bits per heavy atom. The summed E-state index contributed by atoms with van der Waals surface area (Å²) in [5, 5.41) is 6.36. The van der Waals surface area contributed by atoms with Crippen molar-refractivity contribution in [1.29, 1.82) is 0 Å². The van der Waals surface area contributed by atoms with Gasteiger partial charge in [-0.3, -0.25) is 4.79 Å². The highest BCUT2D eigenvalue weighted by Crippen LogP contribution is 2.48. The lowest BCUT2D eigenvalue weighted by atomic mass is 10.0. The van der Waals surface area contributed by atoms with E-state index in [0.717, 1.165) is 42.9 Å². The van der Waals surface area contributed by atoms with E-state index in [1.54, 1.807) is 7.11 Å².